The van der Waals surface area contributed by atoms with Gasteiger partial charge in [-0.15, -0.1) is 0 Å². The molecule has 3 atom stereocenters. The molecule has 0 aromatic heterocycles. The highest BCUT2D eigenvalue weighted by molar-refractivity contribution is 6.15. The van der Waals surface area contributed by atoms with E-state index in [1.807, 2.05) is 24.3 Å². The van der Waals surface area contributed by atoms with E-state index in [0.717, 1.165) is 44.1 Å². The minimum atomic E-state index is -1.31. The van der Waals surface area contributed by atoms with E-state index in [2.05, 4.69) is 0 Å². The number of aliphatic hydroxyl groups excluding tert-OH is 1. The van der Waals surface area contributed by atoms with Gasteiger partial charge in [-0.25, -0.2) is 9.59 Å². The van der Waals surface area contributed by atoms with Crippen LogP contribution in [0.15, 0.2) is 59.8 Å². The molecule has 2 saturated heterocycles. The highest BCUT2D eigenvalue weighted by Gasteiger charge is 2.48. The van der Waals surface area contributed by atoms with Gasteiger partial charge < -0.3 is 24.1 Å². The molecule has 8 heteroatoms. The Morgan fingerprint density at radius 2 is 1.51 bits per heavy atom. The van der Waals surface area contributed by atoms with Crippen LogP contribution in [0, 0.1) is 11.8 Å². The molecule has 37 heavy (non-hydrogen) atoms. The summed E-state index contributed by atoms with van der Waals surface area (Å²) < 4.78 is 22.6. The fourth-order valence-electron chi connectivity index (χ4n) is 5.68. The van der Waals surface area contributed by atoms with E-state index in [4.69, 9.17) is 18.9 Å². The molecular formula is C29H34O8. The number of hydrogen-bond donors (Lipinski definition) is 1. The second-order valence-electron chi connectivity index (χ2n) is 10.4. The maximum Gasteiger partial charge on any atom is 0.348 e. The average molecular weight is 511 g/mol. The Morgan fingerprint density at radius 3 is 2.11 bits per heavy atom. The third-order valence-corrected chi connectivity index (χ3v) is 7.78. The number of ether oxygens (including phenoxy) is 4. The van der Waals surface area contributed by atoms with E-state index in [1.54, 1.807) is 18.2 Å². The second-order valence-corrected chi connectivity index (χ2v) is 10.4. The summed E-state index contributed by atoms with van der Waals surface area (Å²) in [6.45, 7) is 0. The summed E-state index contributed by atoms with van der Waals surface area (Å²) in [5.41, 5.74) is 0.571. The highest BCUT2D eigenvalue weighted by atomic mass is 16.8. The van der Waals surface area contributed by atoms with Crippen LogP contribution in [0.4, 0.5) is 0 Å². The second kappa shape index (κ2) is 10.8. The van der Waals surface area contributed by atoms with E-state index >= 15 is 0 Å². The SMILES string of the molecule is O=C1OC2(CCCCC2)OC(=O)C1=CC=C(C=CC1C(=O)OC2(CCCCC2)OC1O)C1C=CC=CC1. The molecule has 0 radical (unpaired) electrons. The van der Waals surface area contributed by atoms with E-state index < -0.39 is 41.7 Å². The van der Waals surface area contributed by atoms with Crippen LogP contribution < -0.4 is 0 Å². The van der Waals surface area contributed by atoms with Crippen LogP contribution in [0.5, 0.6) is 0 Å². The molecule has 2 heterocycles. The number of aliphatic hydroxyl groups is 1. The van der Waals surface area contributed by atoms with Gasteiger partial charge in [-0.2, -0.15) is 0 Å². The lowest BCUT2D eigenvalue weighted by Gasteiger charge is -2.43. The zero-order valence-corrected chi connectivity index (χ0v) is 20.9. The van der Waals surface area contributed by atoms with Crippen LogP contribution in [-0.4, -0.2) is 40.9 Å². The Labute approximate surface area is 216 Å². The monoisotopic (exact) mass is 510 g/mol. The van der Waals surface area contributed by atoms with Crippen molar-refractivity contribution in [2.24, 2.45) is 11.8 Å². The predicted molar refractivity (Wildman–Crippen MR) is 132 cm³/mol. The fraction of sp³-hybridized carbons (Fsp3) is 0.552. The van der Waals surface area contributed by atoms with Crippen molar-refractivity contribution < 1.29 is 38.4 Å². The van der Waals surface area contributed by atoms with Crippen LogP contribution in [0.2, 0.25) is 0 Å². The van der Waals surface area contributed by atoms with Crippen molar-refractivity contribution in [3.05, 3.63) is 59.8 Å². The van der Waals surface area contributed by atoms with Gasteiger partial charge in [0, 0.05) is 31.6 Å². The number of carbonyl (C=O) groups is 3. The molecule has 2 aliphatic heterocycles. The molecule has 0 bridgehead atoms. The molecule has 1 N–H and O–H groups in total. The molecule has 0 aromatic carbocycles. The lowest BCUT2D eigenvalue weighted by Crippen LogP contribution is -2.52. The molecule has 198 valence electrons. The van der Waals surface area contributed by atoms with Gasteiger partial charge in [-0.05, 0) is 43.8 Å². The first-order chi connectivity index (χ1) is 17.9. The van der Waals surface area contributed by atoms with E-state index in [1.165, 1.54) is 6.08 Å². The maximum absolute atomic E-state index is 12.8. The third kappa shape index (κ3) is 5.65. The van der Waals surface area contributed by atoms with E-state index in [9.17, 15) is 19.5 Å². The molecule has 2 saturated carbocycles. The summed E-state index contributed by atoms with van der Waals surface area (Å²) in [7, 11) is 0. The number of hydrogen-bond acceptors (Lipinski definition) is 8. The largest absolute Gasteiger partial charge is 0.432 e. The summed E-state index contributed by atoms with van der Waals surface area (Å²) in [5.74, 6) is -5.10. The zero-order valence-electron chi connectivity index (χ0n) is 20.9. The zero-order chi connectivity index (χ0) is 25.9. The van der Waals surface area contributed by atoms with Crippen molar-refractivity contribution in [2.45, 2.75) is 88.5 Å². The standard InChI is InChI=1S/C29H34O8/c30-24-22(25(31)35-28(34-24)16-6-2-7-17-28)14-12-21(20-10-4-1-5-11-20)13-15-23-26(32)36-29(37-27(23)33)18-8-3-9-19-29/h1,4-5,10,12-15,20,22,24,30H,2-3,6-9,11,16-19H2. The van der Waals surface area contributed by atoms with E-state index in [-0.39, 0.29) is 11.5 Å². The Kier molecular flexibility index (Phi) is 7.49. The van der Waals surface area contributed by atoms with Gasteiger partial charge in [0.2, 0.25) is 5.79 Å². The minimum Gasteiger partial charge on any atom is -0.432 e. The van der Waals surface area contributed by atoms with Crippen molar-refractivity contribution in [3.8, 4) is 0 Å². The van der Waals surface area contributed by atoms with Crippen LogP contribution in [0.3, 0.4) is 0 Å². The number of allylic oxidation sites excluding steroid dienone is 8. The molecule has 4 fully saturated rings. The van der Waals surface area contributed by atoms with Gasteiger partial charge in [0.15, 0.2) is 6.29 Å². The summed E-state index contributed by atoms with van der Waals surface area (Å²) in [6, 6.07) is 0. The van der Waals surface area contributed by atoms with Crippen LogP contribution >= 0.6 is 0 Å². The van der Waals surface area contributed by atoms with Gasteiger partial charge in [0.1, 0.15) is 11.5 Å². The molecule has 2 spiro atoms. The quantitative estimate of drug-likeness (QED) is 0.256. The Morgan fingerprint density at radius 1 is 0.865 bits per heavy atom. The Hall–Kier alpha value is -2.97. The van der Waals surface area contributed by atoms with Crippen molar-refractivity contribution in [3.63, 3.8) is 0 Å². The maximum atomic E-state index is 12.8. The summed E-state index contributed by atoms with van der Waals surface area (Å²) in [6.07, 6.45) is 21.3. The van der Waals surface area contributed by atoms with Crippen molar-refractivity contribution in [1.82, 2.24) is 0 Å². The van der Waals surface area contributed by atoms with Crippen LogP contribution in [0.1, 0.15) is 70.6 Å². The molecule has 5 aliphatic rings. The minimum absolute atomic E-state index is 0.0548. The van der Waals surface area contributed by atoms with Crippen LogP contribution in [0.25, 0.3) is 0 Å². The first-order valence-electron chi connectivity index (χ1n) is 13.4. The first kappa shape index (κ1) is 25.7. The molecule has 8 nitrogen and oxygen atoms in total. The average Bonchev–Trinajstić information content (AvgIpc) is 2.88. The Balaban J connectivity index is 1.35. The van der Waals surface area contributed by atoms with Gasteiger partial charge >= 0.3 is 17.9 Å². The van der Waals surface area contributed by atoms with Crippen molar-refractivity contribution in [2.75, 3.05) is 0 Å². The molecule has 3 aliphatic carbocycles. The summed E-state index contributed by atoms with van der Waals surface area (Å²) in [4.78, 5) is 38.3. The van der Waals surface area contributed by atoms with Gasteiger partial charge in [-0.3, -0.25) is 4.79 Å². The topological polar surface area (TPSA) is 108 Å². The van der Waals surface area contributed by atoms with Crippen LogP contribution in [-0.2, 0) is 33.3 Å². The molecule has 3 unspecified atom stereocenters. The van der Waals surface area contributed by atoms with Gasteiger partial charge in [-0.1, -0.05) is 55.4 Å². The van der Waals surface area contributed by atoms with Gasteiger partial charge in [0.25, 0.3) is 5.79 Å². The number of rotatable bonds is 4. The van der Waals surface area contributed by atoms with Crippen molar-refractivity contribution in [1.29, 1.82) is 0 Å². The smallest absolute Gasteiger partial charge is 0.348 e. The summed E-state index contributed by atoms with van der Waals surface area (Å²) in [5, 5.41) is 10.7. The van der Waals surface area contributed by atoms with E-state index in [0.29, 0.717) is 32.1 Å². The fourth-order valence-corrected chi connectivity index (χ4v) is 5.68. The Bertz CT molecular complexity index is 1040. The molecule has 0 amide bonds. The predicted octanol–water partition coefficient (Wildman–Crippen LogP) is 4.46. The third-order valence-electron chi connectivity index (χ3n) is 7.78. The summed E-state index contributed by atoms with van der Waals surface area (Å²) >= 11 is 0. The number of carbonyl (C=O) groups excluding carboxylic acids is 3. The highest BCUT2D eigenvalue weighted by Crippen LogP contribution is 2.39. The number of esters is 3. The molecule has 0 aromatic rings. The molecular weight excluding hydrogens is 476 g/mol. The molecule has 5 rings (SSSR count). The lowest BCUT2D eigenvalue weighted by molar-refractivity contribution is -0.332. The lowest BCUT2D eigenvalue weighted by atomic mass is 9.89. The van der Waals surface area contributed by atoms with Crippen molar-refractivity contribution >= 4 is 17.9 Å². The first-order valence-corrected chi connectivity index (χ1v) is 13.4. The normalized spacial score (nSPS) is 31.4. The van der Waals surface area contributed by atoms with Gasteiger partial charge in [0.05, 0.1) is 0 Å².